The number of aliphatic hydroxyl groups excluding tert-OH is 1. The summed E-state index contributed by atoms with van der Waals surface area (Å²) in [4.78, 5) is 23.4. The smallest absolute Gasteiger partial charge is 0.336 e. The molecule has 0 saturated heterocycles. The highest BCUT2D eigenvalue weighted by molar-refractivity contribution is 5.98. The molecular weight excluding hydrogens is 332 g/mol. The molecule has 0 bridgehead atoms. The van der Waals surface area contributed by atoms with Crippen LogP contribution >= 0.6 is 0 Å². The van der Waals surface area contributed by atoms with Crippen LogP contribution in [0.4, 0.5) is 0 Å². The number of allylic oxidation sites excluding steroid dienone is 2. The summed E-state index contributed by atoms with van der Waals surface area (Å²) in [6.45, 7) is 5.68. The number of rotatable bonds is 3. The summed E-state index contributed by atoms with van der Waals surface area (Å²) in [7, 11) is 0. The quantitative estimate of drug-likeness (QED) is 0.711. The number of hydrogen-bond acceptors (Lipinski definition) is 4. The lowest BCUT2D eigenvalue weighted by Gasteiger charge is -2.14. The van der Waals surface area contributed by atoms with E-state index < -0.39 is 5.97 Å². The van der Waals surface area contributed by atoms with Gasteiger partial charge in [0.1, 0.15) is 16.9 Å². The molecule has 1 heterocycles. The monoisotopic (exact) mass is 348 g/mol. The van der Waals surface area contributed by atoms with Crippen molar-refractivity contribution >= 4 is 18.6 Å². The summed E-state index contributed by atoms with van der Waals surface area (Å²) in [5.41, 5.74) is 1.68. The molecule has 0 atom stereocenters. The number of carboxylic acid groups (broad SMARTS) is 1. The van der Waals surface area contributed by atoms with E-state index in [0.29, 0.717) is 21.9 Å². The molecule has 0 radical (unpaired) electrons. The Morgan fingerprint density at radius 1 is 1.12 bits per heavy atom. The Labute approximate surface area is 148 Å². The largest absolute Gasteiger partial charge is 0.508 e. The van der Waals surface area contributed by atoms with Gasteiger partial charge in [0.05, 0.1) is 5.56 Å². The standard InChI is InChI=1S/C21H16O5/c1-3-13(22)10-18-12(2)20(15-6-4-5-7-16(15)21(24)25)17-9-8-14(23)11-19(17)26-18/h3-11,22H,2H2,1H3,(H,24,25)/b13-3+,18-10+. The molecule has 1 aromatic carbocycles. The predicted octanol–water partition coefficient (Wildman–Crippen LogP) is 2.76. The Morgan fingerprint density at radius 3 is 2.54 bits per heavy atom. The summed E-state index contributed by atoms with van der Waals surface area (Å²) >= 11 is 0. The first-order valence-electron chi connectivity index (χ1n) is 7.88. The summed E-state index contributed by atoms with van der Waals surface area (Å²) in [5.74, 6) is -0.819. The van der Waals surface area contributed by atoms with E-state index in [-0.39, 0.29) is 27.9 Å². The Morgan fingerprint density at radius 2 is 1.85 bits per heavy atom. The van der Waals surface area contributed by atoms with E-state index in [0.717, 1.165) is 0 Å². The molecule has 0 spiro atoms. The van der Waals surface area contributed by atoms with Crippen LogP contribution < -0.4 is 16.1 Å². The van der Waals surface area contributed by atoms with Gasteiger partial charge in [-0.15, -0.1) is 0 Å². The van der Waals surface area contributed by atoms with E-state index in [1.807, 2.05) is 0 Å². The highest BCUT2D eigenvalue weighted by Gasteiger charge is 2.19. The molecule has 130 valence electrons. The maximum Gasteiger partial charge on any atom is 0.336 e. The number of fused-ring (bicyclic) bond motifs is 1. The van der Waals surface area contributed by atoms with Gasteiger partial charge >= 0.3 is 5.97 Å². The third-order valence-corrected chi connectivity index (χ3v) is 4.04. The number of carbonyl (C=O) groups is 1. The molecule has 1 aromatic rings. The van der Waals surface area contributed by atoms with Crippen LogP contribution in [0.15, 0.2) is 63.5 Å². The second-order valence-electron chi connectivity index (χ2n) is 5.69. The molecule has 1 aliphatic carbocycles. The van der Waals surface area contributed by atoms with Crippen LogP contribution in [-0.2, 0) is 0 Å². The fourth-order valence-corrected chi connectivity index (χ4v) is 2.79. The van der Waals surface area contributed by atoms with Crippen molar-refractivity contribution in [2.24, 2.45) is 0 Å². The highest BCUT2D eigenvalue weighted by atomic mass is 16.4. The maximum atomic E-state index is 11.7. The fraction of sp³-hybridized carbons (Fsp3) is 0.0476. The zero-order chi connectivity index (χ0) is 18.8. The molecule has 0 amide bonds. The summed E-state index contributed by atoms with van der Waals surface area (Å²) < 4.78 is 5.74. The lowest BCUT2D eigenvalue weighted by atomic mass is 9.92. The fourth-order valence-electron chi connectivity index (χ4n) is 2.79. The van der Waals surface area contributed by atoms with E-state index in [9.17, 15) is 19.8 Å². The van der Waals surface area contributed by atoms with E-state index in [1.54, 1.807) is 31.2 Å². The van der Waals surface area contributed by atoms with Crippen LogP contribution in [0.1, 0.15) is 17.3 Å². The third kappa shape index (κ3) is 3.02. The topological polar surface area (TPSA) is 87.7 Å². The van der Waals surface area contributed by atoms with Gasteiger partial charge in [-0.25, -0.2) is 4.79 Å². The first-order chi connectivity index (χ1) is 12.4. The second kappa shape index (κ2) is 6.72. The Kier molecular flexibility index (Phi) is 4.45. The van der Waals surface area contributed by atoms with Gasteiger partial charge in [-0.05, 0) is 36.8 Å². The zero-order valence-electron chi connectivity index (χ0n) is 14.0. The van der Waals surface area contributed by atoms with Crippen LogP contribution in [-0.4, -0.2) is 16.2 Å². The predicted molar refractivity (Wildman–Crippen MR) is 99.6 cm³/mol. The van der Waals surface area contributed by atoms with Gasteiger partial charge in [-0.3, -0.25) is 4.79 Å². The number of carboxylic acids is 1. The maximum absolute atomic E-state index is 11.7. The molecular formula is C21H16O5. The van der Waals surface area contributed by atoms with Crippen molar-refractivity contribution in [1.82, 2.24) is 0 Å². The van der Waals surface area contributed by atoms with Crippen LogP contribution in [0.5, 0.6) is 0 Å². The molecule has 0 fully saturated rings. The van der Waals surface area contributed by atoms with Gasteiger partial charge in [-0.2, -0.15) is 0 Å². The summed E-state index contributed by atoms with van der Waals surface area (Å²) in [6, 6.07) is 10.8. The molecule has 5 heteroatoms. The lowest BCUT2D eigenvalue weighted by Crippen LogP contribution is -2.28. The first kappa shape index (κ1) is 17.2. The molecule has 5 nitrogen and oxygen atoms in total. The van der Waals surface area contributed by atoms with Crippen molar-refractivity contribution in [3.05, 3.63) is 80.7 Å². The average Bonchev–Trinajstić information content (AvgIpc) is 2.62. The van der Waals surface area contributed by atoms with Crippen molar-refractivity contribution in [3.63, 3.8) is 0 Å². The normalized spacial score (nSPS) is 12.5. The molecule has 2 aliphatic rings. The second-order valence-corrected chi connectivity index (χ2v) is 5.69. The van der Waals surface area contributed by atoms with Crippen LogP contribution in [0.2, 0.25) is 0 Å². The minimum atomic E-state index is -1.07. The third-order valence-electron chi connectivity index (χ3n) is 4.04. The number of aliphatic hydroxyl groups is 1. The Hall–Kier alpha value is -3.60. The van der Waals surface area contributed by atoms with Crippen molar-refractivity contribution in [2.75, 3.05) is 0 Å². The van der Waals surface area contributed by atoms with E-state index in [1.165, 1.54) is 30.4 Å². The van der Waals surface area contributed by atoms with Gasteiger partial charge in [0, 0.05) is 28.5 Å². The SMILES string of the molecule is C=c1c(-c2ccccc2C(=O)O)c2ccc(=O)cc-2o/c1=C/C(O)=C\C. The summed E-state index contributed by atoms with van der Waals surface area (Å²) in [6.07, 6.45) is 2.86. The number of benzene rings is 2. The van der Waals surface area contributed by atoms with Gasteiger partial charge < -0.3 is 14.6 Å². The van der Waals surface area contributed by atoms with Gasteiger partial charge in [0.2, 0.25) is 0 Å². The van der Waals surface area contributed by atoms with Crippen molar-refractivity contribution in [2.45, 2.75) is 6.92 Å². The Balaban J connectivity index is 2.52. The first-order valence-corrected chi connectivity index (χ1v) is 7.88. The van der Waals surface area contributed by atoms with Crippen molar-refractivity contribution in [3.8, 4) is 22.5 Å². The van der Waals surface area contributed by atoms with Gasteiger partial charge in [-0.1, -0.05) is 24.8 Å². The molecule has 0 unspecified atom stereocenters. The van der Waals surface area contributed by atoms with Crippen LogP contribution in [0, 0.1) is 0 Å². The van der Waals surface area contributed by atoms with E-state index >= 15 is 0 Å². The lowest BCUT2D eigenvalue weighted by molar-refractivity contribution is 0.0697. The zero-order valence-corrected chi connectivity index (χ0v) is 14.0. The molecule has 0 aromatic heterocycles. The molecule has 0 saturated carbocycles. The minimum absolute atomic E-state index is 0.0336. The summed E-state index contributed by atoms with van der Waals surface area (Å²) in [5, 5.41) is 19.8. The van der Waals surface area contributed by atoms with E-state index in [2.05, 4.69) is 6.58 Å². The average molecular weight is 348 g/mol. The molecule has 1 aliphatic heterocycles. The van der Waals surface area contributed by atoms with Gasteiger partial charge in [0.25, 0.3) is 0 Å². The van der Waals surface area contributed by atoms with Crippen molar-refractivity contribution < 1.29 is 19.4 Å². The molecule has 2 N–H and O–H groups in total. The van der Waals surface area contributed by atoms with Gasteiger partial charge in [0.15, 0.2) is 5.43 Å². The van der Waals surface area contributed by atoms with Crippen LogP contribution in [0.25, 0.3) is 35.1 Å². The van der Waals surface area contributed by atoms with Crippen LogP contribution in [0.3, 0.4) is 0 Å². The highest BCUT2D eigenvalue weighted by Crippen LogP contribution is 2.30. The minimum Gasteiger partial charge on any atom is -0.508 e. The number of aromatic carboxylic acids is 1. The van der Waals surface area contributed by atoms with Crippen molar-refractivity contribution in [1.29, 1.82) is 0 Å². The molecule has 3 rings (SSSR count). The number of hydrogen-bond donors (Lipinski definition) is 2. The van der Waals surface area contributed by atoms with E-state index in [4.69, 9.17) is 4.42 Å². The Bertz CT molecular complexity index is 1170. The molecule has 26 heavy (non-hydrogen) atoms.